The summed E-state index contributed by atoms with van der Waals surface area (Å²) in [6.07, 6.45) is 0.930. The van der Waals surface area contributed by atoms with E-state index in [9.17, 15) is 4.79 Å². The van der Waals surface area contributed by atoms with E-state index in [2.05, 4.69) is 61.6 Å². The number of fused-ring (bicyclic) bond motifs is 1. The second-order valence-electron chi connectivity index (χ2n) is 7.29. The lowest BCUT2D eigenvalue weighted by Gasteiger charge is -2.20. The number of benzene rings is 2. The molecule has 0 unspecified atom stereocenters. The third-order valence-electron chi connectivity index (χ3n) is 5.14. The molecule has 1 aromatic heterocycles. The Morgan fingerprint density at radius 3 is 2.45 bits per heavy atom. The van der Waals surface area contributed by atoms with E-state index >= 15 is 0 Å². The quantitative estimate of drug-likeness (QED) is 0.492. The molecule has 1 N–H and O–H groups in total. The number of carbonyl (C=O) groups excluding carboxylic acids is 1. The smallest absolute Gasteiger partial charge is 0.354 e. The zero-order valence-electron chi connectivity index (χ0n) is 17.6. The molecule has 0 radical (unpaired) electrons. The van der Waals surface area contributed by atoms with Crippen molar-refractivity contribution < 1.29 is 9.53 Å². The minimum Gasteiger partial charge on any atom is -0.461 e. The number of aromatic nitrogens is 1. The summed E-state index contributed by atoms with van der Waals surface area (Å²) in [5, 5.41) is 4.76. The number of nitrogens with zero attached hydrogens (tertiary/aromatic N) is 1. The molecule has 0 saturated heterocycles. The molecule has 4 nitrogen and oxygen atoms in total. The second-order valence-corrected chi connectivity index (χ2v) is 7.29. The van der Waals surface area contributed by atoms with Crippen LogP contribution in [0.3, 0.4) is 0 Å². The van der Waals surface area contributed by atoms with Crippen LogP contribution in [0.25, 0.3) is 10.9 Å². The van der Waals surface area contributed by atoms with Gasteiger partial charge < -0.3 is 14.6 Å². The molecule has 0 aliphatic heterocycles. The van der Waals surface area contributed by atoms with E-state index in [-0.39, 0.29) is 18.4 Å². The molecule has 156 valence electrons. The Labute approximate surface area is 179 Å². The fraction of sp³-hybridized carbons (Fsp3) is 0.375. The van der Waals surface area contributed by atoms with Gasteiger partial charge >= 0.3 is 5.97 Å². The van der Waals surface area contributed by atoms with E-state index < -0.39 is 0 Å². The van der Waals surface area contributed by atoms with Gasteiger partial charge in [0.05, 0.1) is 6.61 Å². The Kier molecular flexibility index (Phi) is 8.30. The first-order valence-electron chi connectivity index (χ1n) is 10.1. The highest BCUT2D eigenvalue weighted by molar-refractivity contribution is 5.95. The number of carbonyl (C=O) groups is 1. The van der Waals surface area contributed by atoms with E-state index in [1.165, 1.54) is 11.1 Å². The molecule has 5 heteroatoms. The van der Waals surface area contributed by atoms with Crippen molar-refractivity contribution in [2.75, 3.05) is 6.61 Å². The lowest BCUT2D eigenvalue weighted by molar-refractivity contribution is 0.0514. The number of ether oxygens (including phenoxy) is 1. The number of aryl methyl sites for hydroxylation is 1. The van der Waals surface area contributed by atoms with Crippen LogP contribution in [-0.4, -0.2) is 23.2 Å². The van der Waals surface area contributed by atoms with Crippen molar-refractivity contribution in [3.05, 3.63) is 71.4 Å². The number of halogens is 1. The van der Waals surface area contributed by atoms with Crippen LogP contribution in [0.5, 0.6) is 0 Å². The first-order valence-corrected chi connectivity index (χ1v) is 10.1. The van der Waals surface area contributed by atoms with Crippen LogP contribution in [0.1, 0.15) is 55.4 Å². The highest BCUT2D eigenvalue weighted by atomic mass is 35.5. The number of esters is 1. The highest BCUT2D eigenvalue weighted by Gasteiger charge is 2.16. The third kappa shape index (κ3) is 5.40. The van der Waals surface area contributed by atoms with Gasteiger partial charge in [0.15, 0.2) is 0 Å². The lowest BCUT2D eigenvalue weighted by atomic mass is 10.0. The molecular weight excluding hydrogens is 384 g/mol. The molecule has 2 atom stereocenters. The third-order valence-corrected chi connectivity index (χ3v) is 5.14. The van der Waals surface area contributed by atoms with Crippen LogP contribution >= 0.6 is 12.4 Å². The molecule has 0 aliphatic rings. The Morgan fingerprint density at radius 1 is 1.07 bits per heavy atom. The summed E-state index contributed by atoms with van der Waals surface area (Å²) in [5.74, 6) is -0.256. The van der Waals surface area contributed by atoms with Gasteiger partial charge in [-0.3, -0.25) is 0 Å². The summed E-state index contributed by atoms with van der Waals surface area (Å²) >= 11 is 0. The molecular formula is C24H31ClN2O2. The normalized spacial score (nSPS) is 13.0. The Morgan fingerprint density at radius 2 is 1.79 bits per heavy atom. The molecule has 1 heterocycles. The van der Waals surface area contributed by atoms with Gasteiger partial charge in [-0.05, 0) is 63.4 Å². The molecule has 3 rings (SSSR count). The number of nitrogens with one attached hydrogen (secondary N) is 1. The fourth-order valence-electron chi connectivity index (χ4n) is 3.84. The van der Waals surface area contributed by atoms with E-state index in [1.807, 2.05) is 30.5 Å². The molecule has 0 bridgehead atoms. The maximum atomic E-state index is 12.3. The zero-order chi connectivity index (χ0) is 20.1. The molecule has 0 saturated carbocycles. The summed E-state index contributed by atoms with van der Waals surface area (Å²) in [6.45, 7) is 9.42. The van der Waals surface area contributed by atoms with Crippen LogP contribution in [-0.2, 0) is 17.7 Å². The highest BCUT2D eigenvalue weighted by Crippen LogP contribution is 2.23. The van der Waals surface area contributed by atoms with Crippen molar-refractivity contribution in [3.8, 4) is 0 Å². The molecule has 0 amide bonds. The molecule has 0 aliphatic carbocycles. The van der Waals surface area contributed by atoms with Gasteiger partial charge in [-0.15, -0.1) is 12.4 Å². The Balaban J connectivity index is 0.00000300. The summed E-state index contributed by atoms with van der Waals surface area (Å²) in [4.78, 5) is 12.3. The standard InChI is InChI=1S/C24H30N2O2.ClH/c1-5-26-22-13-12-19(15-21(22)16-23(26)24(27)28-6-2)14-17(3)25-18(4)20-10-8-7-9-11-20;/h7-13,15-18,25H,5-6,14H2,1-4H3;1H/t17-,18-;/m1./s1. The number of hydrogen-bond acceptors (Lipinski definition) is 3. The van der Waals surface area contributed by atoms with Crippen LogP contribution in [0.15, 0.2) is 54.6 Å². The van der Waals surface area contributed by atoms with Gasteiger partial charge in [-0.1, -0.05) is 36.4 Å². The molecule has 0 spiro atoms. The van der Waals surface area contributed by atoms with E-state index in [0.717, 1.165) is 23.9 Å². The first kappa shape index (κ1) is 23.0. The lowest BCUT2D eigenvalue weighted by Crippen LogP contribution is -2.30. The molecule has 29 heavy (non-hydrogen) atoms. The van der Waals surface area contributed by atoms with Crippen LogP contribution in [0.2, 0.25) is 0 Å². The number of rotatable bonds is 8. The SMILES string of the molecule is CCOC(=O)c1cc2cc(C[C@@H](C)N[C@H](C)c3ccccc3)ccc2n1CC.Cl. The zero-order valence-corrected chi connectivity index (χ0v) is 18.5. The van der Waals surface area contributed by atoms with Crippen molar-refractivity contribution >= 4 is 29.3 Å². The Hall–Kier alpha value is -2.30. The minimum absolute atomic E-state index is 0. The summed E-state index contributed by atoms with van der Waals surface area (Å²) < 4.78 is 7.23. The van der Waals surface area contributed by atoms with Gasteiger partial charge in [0.2, 0.25) is 0 Å². The molecule has 3 aromatic rings. The van der Waals surface area contributed by atoms with Gasteiger partial charge in [-0.25, -0.2) is 4.79 Å². The minimum atomic E-state index is -0.256. The van der Waals surface area contributed by atoms with Crippen molar-refractivity contribution in [1.82, 2.24) is 9.88 Å². The van der Waals surface area contributed by atoms with Gasteiger partial charge in [0.25, 0.3) is 0 Å². The van der Waals surface area contributed by atoms with Crippen molar-refractivity contribution in [1.29, 1.82) is 0 Å². The summed E-state index contributed by atoms with van der Waals surface area (Å²) in [7, 11) is 0. The van der Waals surface area contributed by atoms with E-state index in [0.29, 0.717) is 24.4 Å². The average Bonchev–Trinajstić information content (AvgIpc) is 3.06. The van der Waals surface area contributed by atoms with E-state index in [4.69, 9.17) is 4.74 Å². The monoisotopic (exact) mass is 414 g/mol. The van der Waals surface area contributed by atoms with Crippen LogP contribution in [0, 0.1) is 0 Å². The predicted octanol–water partition coefficient (Wildman–Crippen LogP) is 5.54. The largest absolute Gasteiger partial charge is 0.461 e. The van der Waals surface area contributed by atoms with Crippen LogP contribution in [0.4, 0.5) is 0 Å². The van der Waals surface area contributed by atoms with Crippen molar-refractivity contribution in [2.24, 2.45) is 0 Å². The average molecular weight is 415 g/mol. The maximum absolute atomic E-state index is 12.3. The maximum Gasteiger partial charge on any atom is 0.354 e. The van der Waals surface area contributed by atoms with Gasteiger partial charge in [0, 0.05) is 29.5 Å². The van der Waals surface area contributed by atoms with Crippen LogP contribution < -0.4 is 5.32 Å². The predicted molar refractivity (Wildman–Crippen MR) is 122 cm³/mol. The van der Waals surface area contributed by atoms with Crippen molar-refractivity contribution in [3.63, 3.8) is 0 Å². The molecule has 2 aromatic carbocycles. The van der Waals surface area contributed by atoms with Crippen molar-refractivity contribution in [2.45, 2.75) is 52.7 Å². The number of hydrogen-bond donors (Lipinski definition) is 1. The summed E-state index contributed by atoms with van der Waals surface area (Å²) in [5.41, 5.74) is 4.26. The molecule has 0 fully saturated rings. The van der Waals surface area contributed by atoms with Gasteiger partial charge in [-0.2, -0.15) is 0 Å². The first-order chi connectivity index (χ1) is 13.5. The van der Waals surface area contributed by atoms with Gasteiger partial charge in [0.1, 0.15) is 5.69 Å². The topological polar surface area (TPSA) is 43.3 Å². The Bertz CT molecular complexity index is 937. The summed E-state index contributed by atoms with van der Waals surface area (Å²) in [6, 6.07) is 19.6. The fourth-order valence-corrected chi connectivity index (χ4v) is 3.84. The van der Waals surface area contributed by atoms with E-state index in [1.54, 1.807) is 0 Å². The second kappa shape index (κ2) is 10.5.